The first-order valence-electron chi connectivity index (χ1n) is 5.85. The van der Waals surface area contributed by atoms with Crippen molar-refractivity contribution in [3.8, 4) is 11.8 Å². The monoisotopic (exact) mass is 370 g/mol. The van der Waals surface area contributed by atoms with Gasteiger partial charge in [0.25, 0.3) is 0 Å². The highest BCUT2D eigenvalue weighted by molar-refractivity contribution is 14.2. The lowest BCUT2D eigenvalue weighted by Crippen LogP contribution is -1.94. The third-order valence-electron chi connectivity index (χ3n) is 2.23. The summed E-state index contributed by atoms with van der Waals surface area (Å²) in [6.45, 7) is 1.48. The topological polar surface area (TPSA) is 35.5 Å². The number of hydrogen-bond acceptors (Lipinski definition) is 3. The van der Waals surface area contributed by atoms with E-state index < -0.39 is 5.97 Å². The summed E-state index contributed by atoms with van der Waals surface area (Å²) in [7, 11) is 1.35. The van der Waals surface area contributed by atoms with Gasteiger partial charge in [-0.05, 0) is 34.9 Å². The Morgan fingerprint density at radius 3 is 2.47 bits per heavy atom. The molecule has 0 aromatic carbocycles. The van der Waals surface area contributed by atoms with Crippen molar-refractivity contribution in [1.82, 2.24) is 0 Å². The number of carbonyl (C=O) groups excluding carboxylic acids is 1. The van der Waals surface area contributed by atoms with Crippen molar-refractivity contribution in [2.45, 2.75) is 44.9 Å². The van der Waals surface area contributed by atoms with Crippen LogP contribution < -0.4 is 0 Å². The number of rotatable bonds is 9. The second-order valence-electron chi connectivity index (χ2n) is 3.59. The normalized spacial score (nSPS) is 10.2. The molecule has 0 bridgehead atoms. The Bertz CT molecular complexity index is 248. The highest BCUT2D eigenvalue weighted by Crippen LogP contribution is 2.22. The maximum atomic E-state index is 10.7. The van der Waals surface area contributed by atoms with Gasteiger partial charge in [0.05, 0.1) is 20.2 Å². The molecule has 0 aliphatic heterocycles. The highest BCUT2D eigenvalue weighted by Gasteiger charge is 1.92. The quantitative estimate of drug-likeness (QED) is 0.154. The van der Waals surface area contributed by atoms with Gasteiger partial charge in [-0.1, -0.05) is 31.6 Å². The largest absolute Gasteiger partial charge is 0.459 e. The molecule has 0 aliphatic carbocycles. The first kappa shape index (κ1) is 17.2. The standard InChI is InChI=1S/C12H20IO3P/c1-15-12(14)10-8-6-4-2-3-5-7-9-11-16-17-13/h17H,2-7,9,11H2,1H3. The minimum Gasteiger partial charge on any atom is -0.459 e. The summed E-state index contributed by atoms with van der Waals surface area (Å²) >= 11 is 2.24. The van der Waals surface area contributed by atoms with Gasteiger partial charge in [-0.15, -0.1) is 0 Å². The summed E-state index contributed by atoms with van der Waals surface area (Å²) in [5.41, 5.74) is 0. The zero-order chi connectivity index (χ0) is 12.8. The lowest BCUT2D eigenvalue weighted by molar-refractivity contribution is -0.133. The van der Waals surface area contributed by atoms with Crippen LogP contribution in [0, 0.1) is 11.8 Å². The van der Waals surface area contributed by atoms with Gasteiger partial charge in [0.15, 0.2) is 0 Å². The zero-order valence-electron chi connectivity index (χ0n) is 10.3. The second kappa shape index (κ2) is 14.2. The molecule has 0 heterocycles. The molecular formula is C12H20IO3P. The van der Waals surface area contributed by atoms with E-state index in [9.17, 15) is 4.79 Å². The van der Waals surface area contributed by atoms with E-state index in [4.69, 9.17) is 4.52 Å². The van der Waals surface area contributed by atoms with Gasteiger partial charge >= 0.3 is 5.97 Å². The first-order valence-corrected chi connectivity index (χ1v) is 9.87. The molecule has 0 spiro atoms. The Morgan fingerprint density at radius 2 is 1.82 bits per heavy atom. The molecule has 0 N–H and O–H groups in total. The molecule has 1 unspecified atom stereocenters. The summed E-state index contributed by atoms with van der Waals surface area (Å²) in [6.07, 6.45) is 7.95. The number of methoxy groups -OCH3 is 1. The van der Waals surface area contributed by atoms with Crippen molar-refractivity contribution < 1.29 is 14.1 Å². The van der Waals surface area contributed by atoms with Crippen molar-refractivity contribution in [3.63, 3.8) is 0 Å². The molecule has 17 heavy (non-hydrogen) atoms. The third-order valence-corrected chi connectivity index (χ3v) is 3.48. The maximum Gasteiger partial charge on any atom is 0.384 e. The Kier molecular flexibility index (Phi) is 14.3. The van der Waals surface area contributed by atoms with Gasteiger partial charge in [-0.25, -0.2) is 4.79 Å². The minimum absolute atomic E-state index is 0.444. The minimum atomic E-state index is -0.444. The van der Waals surface area contributed by atoms with Crippen molar-refractivity contribution in [2.75, 3.05) is 13.7 Å². The van der Waals surface area contributed by atoms with Crippen LogP contribution in [0.2, 0.25) is 0 Å². The zero-order valence-corrected chi connectivity index (χ0v) is 13.4. The molecule has 0 aromatic rings. The van der Waals surface area contributed by atoms with Crippen molar-refractivity contribution in [3.05, 3.63) is 0 Å². The molecule has 0 saturated heterocycles. The molecule has 98 valence electrons. The van der Waals surface area contributed by atoms with Gasteiger partial charge < -0.3 is 9.26 Å². The molecule has 0 rings (SSSR count). The molecular weight excluding hydrogens is 350 g/mol. The molecule has 0 fully saturated rings. The van der Waals surface area contributed by atoms with Crippen molar-refractivity contribution in [1.29, 1.82) is 0 Å². The van der Waals surface area contributed by atoms with Crippen LogP contribution in [-0.4, -0.2) is 19.7 Å². The molecule has 1 atom stereocenters. The average molecular weight is 370 g/mol. The van der Waals surface area contributed by atoms with Crippen LogP contribution in [0.1, 0.15) is 44.9 Å². The smallest absolute Gasteiger partial charge is 0.384 e. The van der Waals surface area contributed by atoms with Gasteiger partial charge in [0, 0.05) is 12.3 Å². The number of halogens is 1. The van der Waals surface area contributed by atoms with Gasteiger partial charge in [-0.3, -0.25) is 0 Å². The van der Waals surface area contributed by atoms with Crippen LogP contribution in [-0.2, 0) is 14.1 Å². The van der Waals surface area contributed by atoms with E-state index in [1.807, 2.05) is 0 Å². The summed E-state index contributed by atoms with van der Waals surface area (Å²) in [5, 5.41) is 0. The summed E-state index contributed by atoms with van der Waals surface area (Å²) in [5.74, 6) is 4.80. The van der Waals surface area contributed by atoms with Crippen LogP contribution in [0.25, 0.3) is 0 Å². The SMILES string of the molecule is COC(=O)C#CCCCCCCCCOPI. The number of unbranched alkanes of at least 4 members (excludes halogenated alkanes) is 6. The Morgan fingerprint density at radius 1 is 1.18 bits per heavy atom. The van der Waals surface area contributed by atoms with E-state index in [0.29, 0.717) is 6.45 Å². The Labute approximate surface area is 119 Å². The number of ether oxygens (including phenoxy) is 1. The van der Waals surface area contributed by atoms with E-state index >= 15 is 0 Å². The Hall–Kier alpha value is 0.150. The maximum absolute atomic E-state index is 10.7. The second-order valence-corrected chi connectivity index (χ2v) is 5.35. The van der Waals surface area contributed by atoms with Gasteiger partial charge in [-0.2, -0.15) is 0 Å². The highest BCUT2D eigenvalue weighted by atomic mass is 127. The molecule has 3 nitrogen and oxygen atoms in total. The van der Waals surface area contributed by atoms with E-state index in [1.165, 1.54) is 32.8 Å². The predicted octanol–water partition coefficient (Wildman–Crippen LogP) is 3.85. The van der Waals surface area contributed by atoms with Crippen LogP contribution in [0.5, 0.6) is 0 Å². The summed E-state index contributed by atoms with van der Waals surface area (Å²) in [6, 6.07) is 0. The van der Waals surface area contributed by atoms with E-state index in [0.717, 1.165) is 25.9 Å². The molecule has 0 amide bonds. The third kappa shape index (κ3) is 14.1. The van der Waals surface area contributed by atoms with Crippen molar-refractivity contribution >= 4 is 34.5 Å². The first-order chi connectivity index (χ1) is 8.31. The number of esters is 1. The van der Waals surface area contributed by atoms with E-state index in [-0.39, 0.29) is 0 Å². The van der Waals surface area contributed by atoms with E-state index in [1.54, 1.807) is 0 Å². The predicted molar refractivity (Wildman–Crippen MR) is 80.4 cm³/mol. The average Bonchev–Trinajstić information content (AvgIpc) is 2.35. The fraction of sp³-hybridized carbons (Fsp3) is 0.750. The molecule has 0 aliphatic rings. The van der Waals surface area contributed by atoms with Crippen LogP contribution in [0.3, 0.4) is 0 Å². The molecule has 0 radical (unpaired) electrons. The fourth-order valence-electron chi connectivity index (χ4n) is 1.32. The number of hydrogen-bond donors (Lipinski definition) is 0. The van der Waals surface area contributed by atoms with Gasteiger partial charge in [0.1, 0.15) is 0 Å². The summed E-state index contributed by atoms with van der Waals surface area (Å²) < 4.78 is 9.70. The molecule has 0 saturated carbocycles. The summed E-state index contributed by atoms with van der Waals surface area (Å²) in [4.78, 5) is 10.7. The number of carbonyl (C=O) groups is 1. The lowest BCUT2D eigenvalue weighted by atomic mass is 10.1. The van der Waals surface area contributed by atoms with E-state index in [2.05, 4.69) is 38.6 Å². The van der Waals surface area contributed by atoms with Crippen LogP contribution in [0.4, 0.5) is 0 Å². The molecule has 5 heteroatoms. The van der Waals surface area contributed by atoms with Crippen molar-refractivity contribution in [2.24, 2.45) is 0 Å². The van der Waals surface area contributed by atoms with Crippen LogP contribution in [0.15, 0.2) is 0 Å². The Balaban J connectivity index is 3.12. The fourth-order valence-corrected chi connectivity index (χ4v) is 2.20. The lowest BCUT2D eigenvalue weighted by Gasteiger charge is -2.00. The van der Waals surface area contributed by atoms with Gasteiger partial charge in [0.2, 0.25) is 0 Å². The van der Waals surface area contributed by atoms with Crippen LogP contribution >= 0.6 is 28.5 Å². The molecule has 0 aromatic heterocycles.